The predicted octanol–water partition coefficient (Wildman–Crippen LogP) is 3.89. The number of amides is 4. The van der Waals surface area contributed by atoms with Crippen molar-refractivity contribution in [1.82, 2.24) is 9.80 Å². The number of likely N-dealkylation sites (tertiary alicyclic amines) is 2. The summed E-state index contributed by atoms with van der Waals surface area (Å²) in [5.74, 6) is -4.64. The zero-order valence-electron chi connectivity index (χ0n) is 19.3. The number of rotatable bonds is 4. The van der Waals surface area contributed by atoms with Crippen LogP contribution in [0.3, 0.4) is 0 Å². The van der Waals surface area contributed by atoms with Crippen LogP contribution in [0.1, 0.15) is 31.2 Å². The molecule has 0 aromatic heterocycles. The minimum atomic E-state index is -1.91. The summed E-state index contributed by atoms with van der Waals surface area (Å²) in [4.78, 5) is 52.1. The van der Waals surface area contributed by atoms with Crippen LogP contribution in [0.25, 0.3) is 0 Å². The third-order valence-corrected chi connectivity index (χ3v) is 10.5. The molecule has 1 aromatic rings. The molecule has 0 bridgehead atoms. The minimum absolute atomic E-state index is 0.0669. The average Bonchev–Trinajstić information content (AvgIpc) is 3.18. The number of hydrogen-bond acceptors (Lipinski definition) is 6. The van der Waals surface area contributed by atoms with Crippen LogP contribution in [-0.4, -0.2) is 67.4 Å². The number of hydrogen-bond donors (Lipinski definition) is 1. The van der Waals surface area contributed by atoms with Crippen molar-refractivity contribution in [3.05, 3.63) is 33.8 Å². The Morgan fingerprint density at radius 2 is 1.81 bits per heavy atom. The molecule has 5 rings (SSSR count). The number of halogens is 4. The van der Waals surface area contributed by atoms with Gasteiger partial charge in [-0.3, -0.25) is 29.0 Å². The zero-order chi connectivity index (χ0) is 26.3. The number of phenolic OH excluding ortho intramolecular Hbond substituents is 1. The number of fused-ring (bicyclic) bond motifs is 4. The molecule has 192 valence electrons. The Bertz CT molecular complexity index is 1260. The summed E-state index contributed by atoms with van der Waals surface area (Å²) >= 11 is 20.8. The standard InChI is InChI=1S/C24H22Br2Cl2N2O6/c1-3-29-19(32)12-5-4-11-13(16(12)20(29)33)8-23(27)21(34)30(9-25)22(35)24(23,28)17(11)10-6-14(26)18(31)15(7-10)36-2/h4,6-7,12-13,16-17,31H,3,5,8-9H2,1-2H3/t12-,13+,16-,17-,23+,24-/m0/s1. The van der Waals surface area contributed by atoms with Gasteiger partial charge in [0.1, 0.15) is 0 Å². The molecular formula is C24H22Br2Cl2N2O6. The highest BCUT2D eigenvalue weighted by Crippen LogP contribution is 2.66. The summed E-state index contributed by atoms with van der Waals surface area (Å²) in [6.07, 6.45) is 2.10. The smallest absolute Gasteiger partial charge is 0.254 e. The lowest BCUT2D eigenvalue weighted by molar-refractivity contribution is -0.141. The topological polar surface area (TPSA) is 104 Å². The van der Waals surface area contributed by atoms with E-state index in [1.165, 1.54) is 12.0 Å². The van der Waals surface area contributed by atoms with E-state index in [9.17, 15) is 24.3 Å². The highest BCUT2D eigenvalue weighted by Gasteiger charge is 2.76. The van der Waals surface area contributed by atoms with E-state index in [4.69, 9.17) is 27.9 Å². The van der Waals surface area contributed by atoms with E-state index in [1.54, 1.807) is 19.1 Å². The number of ether oxygens (including phenoxy) is 1. The Hall–Kier alpha value is -1.62. The molecule has 8 nitrogen and oxygen atoms in total. The van der Waals surface area contributed by atoms with Gasteiger partial charge in [-0.25, -0.2) is 0 Å². The maximum atomic E-state index is 13.7. The van der Waals surface area contributed by atoms with E-state index in [0.717, 1.165) is 4.90 Å². The number of alkyl halides is 3. The first kappa shape index (κ1) is 26.0. The van der Waals surface area contributed by atoms with Crippen LogP contribution in [0.4, 0.5) is 0 Å². The minimum Gasteiger partial charge on any atom is -0.503 e. The zero-order valence-corrected chi connectivity index (χ0v) is 23.9. The second-order valence-corrected chi connectivity index (χ2v) is 12.1. The van der Waals surface area contributed by atoms with Crippen molar-refractivity contribution in [2.24, 2.45) is 17.8 Å². The fourth-order valence-electron chi connectivity index (χ4n) is 6.42. The Morgan fingerprint density at radius 1 is 1.11 bits per heavy atom. The Kier molecular flexibility index (Phi) is 6.29. The molecule has 1 aromatic carbocycles. The van der Waals surface area contributed by atoms with E-state index < -0.39 is 45.2 Å². The molecule has 4 amide bonds. The highest BCUT2D eigenvalue weighted by atomic mass is 79.9. The lowest BCUT2D eigenvalue weighted by Gasteiger charge is -2.50. The molecule has 6 atom stereocenters. The number of carbonyl (C=O) groups excluding carboxylic acids is 4. The Morgan fingerprint density at radius 3 is 2.42 bits per heavy atom. The van der Waals surface area contributed by atoms with Crippen LogP contribution < -0.4 is 4.74 Å². The van der Waals surface area contributed by atoms with Crippen molar-refractivity contribution in [3.63, 3.8) is 0 Å². The van der Waals surface area contributed by atoms with Crippen LogP contribution >= 0.6 is 55.1 Å². The van der Waals surface area contributed by atoms with Gasteiger partial charge in [0.2, 0.25) is 11.8 Å². The molecule has 36 heavy (non-hydrogen) atoms. The number of carbonyl (C=O) groups is 4. The first-order valence-corrected chi connectivity index (χ1v) is 14.1. The molecule has 2 aliphatic carbocycles. The third kappa shape index (κ3) is 3.10. The van der Waals surface area contributed by atoms with Crippen molar-refractivity contribution >= 4 is 78.7 Å². The number of imide groups is 2. The van der Waals surface area contributed by atoms with E-state index in [-0.39, 0.29) is 41.7 Å². The Balaban J connectivity index is 1.77. The van der Waals surface area contributed by atoms with E-state index in [2.05, 4.69) is 31.9 Å². The molecular weight excluding hydrogens is 643 g/mol. The summed E-state index contributed by atoms with van der Waals surface area (Å²) in [7, 11) is 1.39. The molecule has 0 unspecified atom stereocenters. The molecule has 0 spiro atoms. The van der Waals surface area contributed by atoms with Crippen molar-refractivity contribution in [3.8, 4) is 11.5 Å². The number of phenols is 1. The van der Waals surface area contributed by atoms with E-state index in [0.29, 0.717) is 22.0 Å². The van der Waals surface area contributed by atoms with Gasteiger partial charge in [-0.2, -0.15) is 0 Å². The van der Waals surface area contributed by atoms with Gasteiger partial charge in [-0.1, -0.05) is 27.6 Å². The van der Waals surface area contributed by atoms with Gasteiger partial charge in [-0.05, 0) is 59.3 Å². The van der Waals surface area contributed by atoms with E-state index >= 15 is 0 Å². The molecule has 3 fully saturated rings. The maximum absolute atomic E-state index is 13.7. The van der Waals surface area contributed by atoms with Gasteiger partial charge in [-0.15, -0.1) is 23.2 Å². The normalized spacial score (nSPS) is 35.6. The average molecular weight is 665 g/mol. The SMILES string of the molecule is CCN1C(=O)[C@H]2[C@H](CC=C3[C@H]2C[C@@]2(Cl)C(=O)N(CBr)C(=O)[C@@]2(Cl)[C@H]3c2cc(Br)c(O)c(OC)c2)C1=O. The number of benzene rings is 1. The summed E-state index contributed by atoms with van der Waals surface area (Å²) in [5.41, 5.74) is 1.06. The number of allylic oxidation sites excluding steroid dienone is 2. The molecule has 4 aliphatic rings. The monoisotopic (exact) mass is 662 g/mol. The van der Waals surface area contributed by atoms with Crippen LogP contribution in [0, 0.1) is 17.8 Å². The first-order valence-electron chi connectivity index (χ1n) is 11.4. The lowest BCUT2D eigenvalue weighted by Crippen LogP contribution is -2.60. The molecule has 0 radical (unpaired) electrons. The van der Waals surface area contributed by atoms with Gasteiger partial charge in [0.25, 0.3) is 11.8 Å². The molecule has 2 heterocycles. The second-order valence-electron chi connectivity index (χ2n) is 9.46. The van der Waals surface area contributed by atoms with Crippen LogP contribution in [0.15, 0.2) is 28.3 Å². The van der Waals surface area contributed by atoms with Crippen LogP contribution in [0.2, 0.25) is 0 Å². The largest absolute Gasteiger partial charge is 0.503 e. The molecule has 2 aliphatic heterocycles. The predicted molar refractivity (Wildman–Crippen MR) is 138 cm³/mol. The molecule has 12 heteroatoms. The van der Waals surface area contributed by atoms with Gasteiger partial charge < -0.3 is 9.84 Å². The second kappa shape index (κ2) is 8.71. The molecule has 1 saturated carbocycles. The fourth-order valence-corrected chi connectivity index (χ4v) is 8.31. The Labute approximate surface area is 234 Å². The quantitative estimate of drug-likeness (QED) is 0.227. The highest BCUT2D eigenvalue weighted by molar-refractivity contribution is 9.10. The van der Waals surface area contributed by atoms with Crippen molar-refractivity contribution < 1.29 is 29.0 Å². The van der Waals surface area contributed by atoms with Crippen LogP contribution in [-0.2, 0) is 19.2 Å². The summed E-state index contributed by atoms with van der Waals surface area (Å²) in [6.45, 7) is 1.99. The van der Waals surface area contributed by atoms with Crippen molar-refractivity contribution in [2.45, 2.75) is 35.4 Å². The van der Waals surface area contributed by atoms with Crippen LogP contribution in [0.5, 0.6) is 11.5 Å². The number of methoxy groups -OCH3 is 1. The van der Waals surface area contributed by atoms with Crippen molar-refractivity contribution in [1.29, 1.82) is 0 Å². The molecule has 2 saturated heterocycles. The van der Waals surface area contributed by atoms with Crippen molar-refractivity contribution in [2.75, 3.05) is 19.1 Å². The summed E-state index contributed by atoms with van der Waals surface area (Å²) < 4.78 is 5.63. The molecule has 1 N–H and O–H groups in total. The number of nitrogens with zero attached hydrogens (tertiary/aromatic N) is 2. The summed E-state index contributed by atoms with van der Waals surface area (Å²) in [5, 5.41) is 10.4. The number of aromatic hydroxyl groups is 1. The third-order valence-electron chi connectivity index (χ3n) is 8.03. The maximum Gasteiger partial charge on any atom is 0.254 e. The summed E-state index contributed by atoms with van der Waals surface area (Å²) in [6, 6.07) is 3.16. The van der Waals surface area contributed by atoms with Gasteiger partial charge in [0.15, 0.2) is 21.2 Å². The van der Waals surface area contributed by atoms with Gasteiger partial charge in [0, 0.05) is 12.5 Å². The van der Waals surface area contributed by atoms with Gasteiger partial charge >= 0.3 is 0 Å². The lowest BCUT2D eigenvalue weighted by atomic mass is 9.56. The van der Waals surface area contributed by atoms with Gasteiger partial charge in [0.05, 0.1) is 28.9 Å². The fraction of sp³-hybridized carbons (Fsp3) is 0.500. The first-order chi connectivity index (χ1) is 17.0. The van der Waals surface area contributed by atoms with E-state index in [1.807, 2.05) is 6.08 Å².